The molecule has 1 aliphatic heterocycles. The fraction of sp³-hybridized carbons (Fsp3) is 0.778. The number of hydrogen-bond acceptors (Lipinski definition) is 12. The van der Waals surface area contributed by atoms with Crippen molar-refractivity contribution < 1.29 is 58.4 Å². The summed E-state index contributed by atoms with van der Waals surface area (Å²) in [5.74, 6) is -1.70. The van der Waals surface area contributed by atoms with Gasteiger partial charge in [-0.2, -0.15) is 0 Å². The van der Waals surface area contributed by atoms with Crippen LogP contribution >= 0.6 is 0 Å². The first-order chi connectivity index (χ1) is 22.4. The summed E-state index contributed by atoms with van der Waals surface area (Å²) in [6, 6.07) is 0. The van der Waals surface area contributed by atoms with Gasteiger partial charge in [-0.05, 0) is 57.4 Å². The van der Waals surface area contributed by atoms with E-state index in [2.05, 4.69) is 12.7 Å². The number of aliphatic hydroxyl groups excluding tert-OH is 4. The average molecular weight is 681 g/mol. The van der Waals surface area contributed by atoms with Crippen LogP contribution in [0.15, 0.2) is 35.5 Å². The predicted octanol–water partition coefficient (Wildman–Crippen LogP) is 2.61. The number of fused-ring (bicyclic) bond motifs is 2. The highest BCUT2D eigenvalue weighted by molar-refractivity contribution is 5.66. The Morgan fingerprint density at radius 1 is 1.10 bits per heavy atom. The topological polar surface area (TPSA) is 170 Å². The smallest absolute Gasteiger partial charge is 0.303 e. The molecule has 0 spiro atoms. The molecule has 1 saturated heterocycles. The summed E-state index contributed by atoms with van der Waals surface area (Å²) in [6.45, 7) is 16.0. The maximum absolute atomic E-state index is 12.3. The van der Waals surface area contributed by atoms with E-state index in [1.807, 2.05) is 20.8 Å². The van der Waals surface area contributed by atoms with Crippen molar-refractivity contribution in [3.63, 3.8) is 0 Å². The highest BCUT2D eigenvalue weighted by Crippen LogP contribution is 2.56. The van der Waals surface area contributed by atoms with Crippen LogP contribution in [0, 0.1) is 29.1 Å². The van der Waals surface area contributed by atoms with Gasteiger partial charge in [0, 0.05) is 38.2 Å². The van der Waals surface area contributed by atoms with Gasteiger partial charge in [0.2, 0.25) is 0 Å². The Kier molecular flexibility index (Phi) is 12.4. The number of hydrogen-bond donors (Lipinski definition) is 4. The molecular weight excluding hydrogens is 624 g/mol. The van der Waals surface area contributed by atoms with E-state index in [4.69, 9.17) is 28.4 Å². The third-order valence-electron chi connectivity index (χ3n) is 10.8. The summed E-state index contributed by atoms with van der Waals surface area (Å²) in [4.78, 5) is 23.8. The quantitative estimate of drug-likeness (QED) is 0.176. The lowest BCUT2D eigenvalue weighted by molar-refractivity contribution is -0.320. The molecule has 0 bridgehead atoms. The first kappa shape index (κ1) is 38.6. The molecule has 0 aromatic rings. The second kappa shape index (κ2) is 15.4. The van der Waals surface area contributed by atoms with Crippen LogP contribution in [-0.4, -0.2) is 114 Å². The number of rotatable bonds is 12. The van der Waals surface area contributed by atoms with Gasteiger partial charge in [-0.15, -0.1) is 6.58 Å². The molecule has 12 nitrogen and oxygen atoms in total. The van der Waals surface area contributed by atoms with Crippen LogP contribution < -0.4 is 0 Å². The minimum atomic E-state index is -1.63. The summed E-state index contributed by atoms with van der Waals surface area (Å²) in [5, 5.41) is 46.7. The van der Waals surface area contributed by atoms with E-state index in [1.54, 1.807) is 27.0 Å². The van der Waals surface area contributed by atoms with Crippen molar-refractivity contribution in [1.82, 2.24) is 0 Å². The molecule has 48 heavy (non-hydrogen) atoms. The minimum absolute atomic E-state index is 0.0190. The van der Waals surface area contributed by atoms with Gasteiger partial charge in [-0.25, -0.2) is 0 Å². The third kappa shape index (κ3) is 7.91. The van der Waals surface area contributed by atoms with Crippen LogP contribution in [0.2, 0.25) is 0 Å². The van der Waals surface area contributed by atoms with Crippen molar-refractivity contribution in [2.24, 2.45) is 29.1 Å². The fourth-order valence-corrected chi connectivity index (χ4v) is 7.88. The molecule has 1 heterocycles. The monoisotopic (exact) mass is 680 g/mol. The molecule has 13 atom stereocenters. The summed E-state index contributed by atoms with van der Waals surface area (Å²) in [7, 11) is 1.66. The molecule has 272 valence electrons. The molecule has 2 fully saturated rings. The normalized spacial score (nSPS) is 40.2. The van der Waals surface area contributed by atoms with E-state index in [0.717, 1.165) is 24.0 Å². The van der Waals surface area contributed by atoms with Gasteiger partial charge in [0.15, 0.2) is 12.4 Å². The SMILES string of the molecule is C=CC(C)(C)OC[C@H]1O[C@H](O[C@H]2C3=C([C@H](C)COC(C)=O)C[C@H](O)[C@]3(C)/C=C3/[C@@H](COC)CC[C@H]3[C@@H](C)[C@H]2O)[C@@H](O)[C@H](OC(C)=O)[C@@H]1O. The van der Waals surface area contributed by atoms with Crippen LogP contribution in [0.5, 0.6) is 0 Å². The number of methoxy groups -OCH3 is 1. The van der Waals surface area contributed by atoms with Crippen molar-refractivity contribution in [1.29, 1.82) is 0 Å². The third-order valence-corrected chi connectivity index (χ3v) is 10.8. The Morgan fingerprint density at radius 3 is 2.40 bits per heavy atom. The van der Waals surface area contributed by atoms with E-state index in [1.165, 1.54) is 13.8 Å². The molecule has 0 unspecified atom stereocenters. The fourth-order valence-electron chi connectivity index (χ4n) is 7.88. The zero-order chi connectivity index (χ0) is 35.7. The lowest BCUT2D eigenvalue weighted by atomic mass is 9.68. The van der Waals surface area contributed by atoms with Gasteiger partial charge >= 0.3 is 11.9 Å². The van der Waals surface area contributed by atoms with Crippen LogP contribution in [0.4, 0.5) is 0 Å². The van der Waals surface area contributed by atoms with Crippen molar-refractivity contribution in [3.8, 4) is 0 Å². The van der Waals surface area contributed by atoms with Crippen LogP contribution in [0.1, 0.15) is 67.7 Å². The first-order valence-corrected chi connectivity index (χ1v) is 17.0. The highest BCUT2D eigenvalue weighted by Gasteiger charge is 2.56. The zero-order valence-corrected chi connectivity index (χ0v) is 29.6. The molecule has 1 saturated carbocycles. The summed E-state index contributed by atoms with van der Waals surface area (Å²) >= 11 is 0. The van der Waals surface area contributed by atoms with Gasteiger partial charge in [0.05, 0.1) is 37.6 Å². The highest BCUT2D eigenvalue weighted by atomic mass is 16.7. The van der Waals surface area contributed by atoms with E-state index in [-0.39, 0.29) is 43.3 Å². The number of esters is 2. The number of carbonyl (C=O) groups excluding carboxylic acids is 2. The molecule has 0 aromatic heterocycles. The standard InChI is InChI=1S/C36H56O12/c1-10-35(6,7)45-17-26-30(41)33(46-21(5)38)31(42)34(47-26)48-32-28-24(18(2)15-44-20(4)37)13-27(39)36(28,8)14-25-22(16-43-9)11-12-23(25)19(3)29(32)40/h10,14,18-19,22-23,26-27,29-34,39-42H,1,11-13,15-17H2,2-9H3/b25-14-/t18-,19-,22-,23+,26-,27+,29-,30-,31+,32+,33-,34-,36+/m1/s1. The van der Waals surface area contributed by atoms with Crippen molar-refractivity contribution in [3.05, 3.63) is 35.5 Å². The number of aliphatic hydroxyl groups is 4. The van der Waals surface area contributed by atoms with Crippen LogP contribution in [0.3, 0.4) is 0 Å². The summed E-state index contributed by atoms with van der Waals surface area (Å²) in [5.41, 5.74) is 0.746. The first-order valence-electron chi connectivity index (χ1n) is 17.0. The molecule has 4 N–H and O–H groups in total. The minimum Gasteiger partial charge on any atom is -0.465 e. The maximum atomic E-state index is 12.3. The molecule has 0 radical (unpaired) electrons. The molecular formula is C36H56O12. The van der Waals surface area contributed by atoms with Crippen LogP contribution in [0.25, 0.3) is 0 Å². The zero-order valence-electron chi connectivity index (χ0n) is 29.6. The van der Waals surface area contributed by atoms with Crippen molar-refractivity contribution >= 4 is 11.9 Å². The lowest BCUT2D eigenvalue weighted by Crippen LogP contribution is -2.62. The number of ether oxygens (including phenoxy) is 6. The Morgan fingerprint density at radius 2 is 1.79 bits per heavy atom. The van der Waals surface area contributed by atoms with Gasteiger partial charge in [0.25, 0.3) is 0 Å². The second-order valence-electron chi connectivity index (χ2n) is 14.7. The maximum Gasteiger partial charge on any atom is 0.303 e. The Hall–Kier alpha value is -2.16. The number of carbonyl (C=O) groups is 2. The average Bonchev–Trinajstić information content (AvgIpc) is 3.52. The summed E-state index contributed by atoms with van der Waals surface area (Å²) in [6.07, 6.45) is -4.54. The Labute approximate surface area is 284 Å². The Bertz CT molecular complexity index is 1240. The van der Waals surface area contributed by atoms with E-state index in [9.17, 15) is 30.0 Å². The molecule has 12 heteroatoms. The molecule has 3 aliphatic carbocycles. The molecule has 0 aromatic carbocycles. The molecule has 4 rings (SSSR count). The van der Waals surface area contributed by atoms with Gasteiger partial charge in [0.1, 0.15) is 24.4 Å². The van der Waals surface area contributed by atoms with E-state index >= 15 is 0 Å². The summed E-state index contributed by atoms with van der Waals surface area (Å²) < 4.78 is 35.1. The van der Waals surface area contributed by atoms with E-state index in [0.29, 0.717) is 12.2 Å². The molecule has 4 aliphatic rings. The van der Waals surface area contributed by atoms with Gasteiger partial charge in [-0.1, -0.05) is 37.1 Å². The van der Waals surface area contributed by atoms with Crippen molar-refractivity contribution in [2.75, 3.05) is 26.9 Å². The largest absolute Gasteiger partial charge is 0.465 e. The molecule has 0 amide bonds. The van der Waals surface area contributed by atoms with Gasteiger partial charge < -0.3 is 48.8 Å². The Balaban J connectivity index is 1.82. The predicted molar refractivity (Wildman–Crippen MR) is 174 cm³/mol. The van der Waals surface area contributed by atoms with E-state index < -0.39 is 72.0 Å². The second-order valence-corrected chi connectivity index (χ2v) is 14.7. The lowest BCUT2D eigenvalue weighted by Gasteiger charge is -2.47. The van der Waals surface area contributed by atoms with Crippen molar-refractivity contribution in [2.45, 2.75) is 122 Å². The van der Waals surface area contributed by atoms with Crippen LogP contribution in [-0.2, 0) is 38.0 Å². The van der Waals surface area contributed by atoms with Gasteiger partial charge in [-0.3, -0.25) is 9.59 Å².